The van der Waals surface area contributed by atoms with Crippen molar-refractivity contribution in [1.82, 2.24) is 4.90 Å². The molecule has 0 N–H and O–H groups in total. The fourth-order valence-corrected chi connectivity index (χ4v) is 1.59. The van der Waals surface area contributed by atoms with Gasteiger partial charge in [0.25, 0.3) is 0 Å². The van der Waals surface area contributed by atoms with Crippen LogP contribution in [0.3, 0.4) is 0 Å². The van der Waals surface area contributed by atoms with Gasteiger partial charge in [0.1, 0.15) is 0 Å². The third-order valence-electron chi connectivity index (χ3n) is 2.77. The molecule has 1 rings (SSSR count). The molecule has 0 fully saturated rings. The molecule has 0 amide bonds. The molecule has 0 unspecified atom stereocenters. The quantitative estimate of drug-likeness (QED) is 0.802. The van der Waals surface area contributed by atoms with Crippen LogP contribution >= 0.6 is 0 Å². The zero-order valence-corrected chi connectivity index (χ0v) is 12.0. The summed E-state index contributed by atoms with van der Waals surface area (Å²) in [6.45, 7) is 12.1. The van der Waals surface area contributed by atoms with Gasteiger partial charge in [-0.25, -0.2) is 0 Å². The normalized spacial score (nSPS) is 10.0. The summed E-state index contributed by atoms with van der Waals surface area (Å²) >= 11 is 0. The van der Waals surface area contributed by atoms with E-state index >= 15 is 0 Å². The predicted octanol–water partition coefficient (Wildman–Crippen LogP) is 3.94. The minimum atomic E-state index is 0.727. The van der Waals surface area contributed by atoms with Crippen molar-refractivity contribution in [2.75, 3.05) is 19.6 Å². The molecule has 18 heavy (non-hydrogen) atoms. The number of rotatable bonds is 4. The number of nitriles is 1. The fourth-order valence-electron chi connectivity index (χ4n) is 1.59. The summed E-state index contributed by atoms with van der Waals surface area (Å²) in [6.07, 6.45) is 3.86. The number of nitrogens with zero attached hydrogens (tertiary/aromatic N) is 2. The average Bonchev–Trinajstić information content (AvgIpc) is 2.42. The second-order valence-electron chi connectivity index (χ2n) is 3.82. The second-order valence-corrected chi connectivity index (χ2v) is 3.82. The second kappa shape index (κ2) is 10.6. The van der Waals surface area contributed by atoms with Gasteiger partial charge < -0.3 is 4.90 Å². The Bertz CT molecular complexity index is 379. The van der Waals surface area contributed by atoms with Gasteiger partial charge in [-0.3, -0.25) is 0 Å². The van der Waals surface area contributed by atoms with Gasteiger partial charge in [0, 0.05) is 0 Å². The lowest BCUT2D eigenvalue weighted by atomic mass is 10.1. The van der Waals surface area contributed by atoms with Crippen molar-refractivity contribution in [1.29, 1.82) is 5.26 Å². The molecule has 1 aromatic rings. The Morgan fingerprint density at radius 1 is 1.11 bits per heavy atom. The summed E-state index contributed by atoms with van der Waals surface area (Å²) in [6, 6.07) is 9.67. The van der Waals surface area contributed by atoms with Gasteiger partial charge in [0.15, 0.2) is 0 Å². The van der Waals surface area contributed by atoms with E-state index in [0.717, 1.165) is 11.1 Å². The minimum absolute atomic E-state index is 0.727. The van der Waals surface area contributed by atoms with Crippen LogP contribution in [0.15, 0.2) is 30.3 Å². The molecule has 0 aliphatic carbocycles. The standard InChI is InChI=1S/C10H9N.C6H15N/c1-2-5-9-6-3-4-7-10(9)8-11;1-4-7(5-2)6-3/h2-7H,1H3;4-6H2,1-3H3. The van der Waals surface area contributed by atoms with Crippen LogP contribution in [0.2, 0.25) is 0 Å². The Kier molecular flexibility index (Phi) is 9.62. The van der Waals surface area contributed by atoms with E-state index in [4.69, 9.17) is 5.26 Å². The summed E-state index contributed by atoms with van der Waals surface area (Å²) in [5, 5.41) is 8.66. The fraction of sp³-hybridized carbons (Fsp3) is 0.438. The summed E-state index contributed by atoms with van der Waals surface area (Å²) < 4.78 is 0. The molecule has 0 aromatic heterocycles. The monoisotopic (exact) mass is 244 g/mol. The van der Waals surface area contributed by atoms with Crippen molar-refractivity contribution in [3.05, 3.63) is 41.5 Å². The zero-order chi connectivity index (χ0) is 13.8. The van der Waals surface area contributed by atoms with Gasteiger partial charge >= 0.3 is 0 Å². The molecule has 0 atom stereocenters. The van der Waals surface area contributed by atoms with E-state index in [1.165, 1.54) is 19.6 Å². The average molecular weight is 244 g/mol. The van der Waals surface area contributed by atoms with Crippen molar-refractivity contribution in [2.24, 2.45) is 0 Å². The molecule has 0 radical (unpaired) electrons. The van der Waals surface area contributed by atoms with Crippen molar-refractivity contribution in [2.45, 2.75) is 27.7 Å². The Labute approximate surface area is 112 Å². The van der Waals surface area contributed by atoms with E-state index in [1.54, 1.807) is 0 Å². The highest BCUT2D eigenvalue weighted by atomic mass is 15.1. The maximum absolute atomic E-state index is 8.66. The highest BCUT2D eigenvalue weighted by Gasteiger charge is 1.93. The number of hydrogen-bond acceptors (Lipinski definition) is 2. The Morgan fingerprint density at radius 2 is 1.67 bits per heavy atom. The molecule has 1 aromatic carbocycles. The van der Waals surface area contributed by atoms with Gasteiger partial charge in [0.2, 0.25) is 0 Å². The van der Waals surface area contributed by atoms with E-state index in [-0.39, 0.29) is 0 Å². The van der Waals surface area contributed by atoms with Crippen LogP contribution in [-0.4, -0.2) is 24.5 Å². The molecule has 0 aliphatic rings. The van der Waals surface area contributed by atoms with Crippen LogP contribution in [0, 0.1) is 11.3 Å². The molecular formula is C16H24N2. The van der Waals surface area contributed by atoms with Crippen LogP contribution in [0.25, 0.3) is 6.08 Å². The Hall–Kier alpha value is -1.59. The van der Waals surface area contributed by atoms with E-state index in [0.29, 0.717) is 0 Å². The topological polar surface area (TPSA) is 27.0 Å². The summed E-state index contributed by atoms with van der Waals surface area (Å²) in [5.74, 6) is 0. The van der Waals surface area contributed by atoms with Crippen molar-refractivity contribution in [3.63, 3.8) is 0 Å². The van der Waals surface area contributed by atoms with Crippen molar-refractivity contribution >= 4 is 6.08 Å². The number of allylic oxidation sites excluding steroid dienone is 1. The number of hydrogen-bond donors (Lipinski definition) is 0. The highest BCUT2D eigenvalue weighted by molar-refractivity contribution is 5.57. The summed E-state index contributed by atoms with van der Waals surface area (Å²) in [7, 11) is 0. The van der Waals surface area contributed by atoms with Crippen molar-refractivity contribution < 1.29 is 0 Å². The predicted molar refractivity (Wildman–Crippen MR) is 79.3 cm³/mol. The first-order valence-corrected chi connectivity index (χ1v) is 6.57. The molecule has 98 valence electrons. The largest absolute Gasteiger partial charge is 0.304 e. The van der Waals surface area contributed by atoms with Crippen LogP contribution in [0.1, 0.15) is 38.8 Å². The first kappa shape index (κ1) is 16.4. The maximum atomic E-state index is 8.66. The molecule has 0 saturated heterocycles. The molecule has 0 spiro atoms. The molecule has 0 saturated carbocycles. The Balaban J connectivity index is 0.000000360. The molecular weight excluding hydrogens is 220 g/mol. The van der Waals surface area contributed by atoms with Gasteiger partial charge in [-0.2, -0.15) is 5.26 Å². The number of benzene rings is 1. The van der Waals surface area contributed by atoms with Crippen molar-refractivity contribution in [3.8, 4) is 6.07 Å². The van der Waals surface area contributed by atoms with Gasteiger partial charge in [-0.15, -0.1) is 0 Å². The first-order chi connectivity index (χ1) is 8.73. The zero-order valence-electron chi connectivity index (χ0n) is 12.0. The lowest BCUT2D eigenvalue weighted by Crippen LogP contribution is -2.21. The van der Waals surface area contributed by atoms with Gasteiger partial charge in [0.05, 0.1) is 11.6 Å². The van der Waals surface area contributed by atoms with E-state index in [9.17, 15) is 0 Å². The van der Waals surface area contributed by atoms with E-state index in [1.807, 2.05) is 43.3 Å². The van der Waals surface area contributed by atoms with E-state index < -0.39 is 0 Å². The smallest absolute Gasteiger partial charge is 0.0997 e. The molecule has 2 nitrogen and oxygen atoms in total. The third kappa shape index (κ3) is 6.22. The SMILES string of the molecule is CC=Cc1ccccc1C#N.CCN(CC)CC. The lowest BCUT2D eigenvalue weighted by molar-refractivity contribution is 0.321. The van der Waals surface area contributed by atoms with Crippen LogP contribution < -0.4 is 0 Å². The van der Waals surface area contributed by atoms with Gasteiger partial charge in [-0.05, 0) is 38.2 Å². The Morgan fingerprint density at radius 3 is 2.06 bits per heavy atom. The van der Waals surface area contributed by atoms with E-state index in [2.05, 4.69) is 31.7 Å². The van der Waals surface area contributed by atoms with Crippen LogP contribution in [-0.2, 0) is 0 Å². The summed E-state index contributed by atoms with van der Waals surface area (Å²) in [5.41, 5.74) is 1.71. The minimum Gasteiger partial charge on any atom is -0.304 e. The summed E-state index contributed by atoms with van der Waals surface area (Å²) in [4.78, 5) is 2.38. The molecule has 2 heteroatoms. The molecule has 0 heterocycles. The van der Waals surface area contributed by atoms with Crippen LogP contribution in [0.4, 0.5) is 0 Å². The van der Waals surface area contributed by atoms with Gasteiger partial charge in [-0.1, -0.05) is 51.1 Å². The molecule has 0 bridgehead atoms. The highest BCUT2D eigenvalue weighted by Crippen LogP contribution is 2.08. The molecule has 0 aliphatic heterocycles. The first-order valence-electron chi connectivity index (χ1n) is 6.57. The maximum Gasteiger partial charge on any atom is 0.0997 e. The lowest BCUT2D eigenvalue weighted by Gasteiger charge is -2.13. The third-order valence-corrected chi connectivity index (χ3v) is 2.77. The van der Waals surface area contributed by atoms with Crippen LogP contribution in [0.5, 0.6) is 0 Å².